The number of ether oxygens (including phenoxy) is 4. The van der Waals surface area contributed by atoms with Crippen LogP contribution in [0.4, 0.5) is 0 Å². The smallest absolute Gasteiger partial charge is 0.306 e. The Balaban J connectivity index is 4.40. The molecule has 9 nitrogen and oxygen atoms in total. The summed E-state index contributed by atoms with van der Waals surface area (Å²) in [4.78, 5) is 37.1. The molecule has 0 aliphatic carbocycles. The molecule has 0 amide bonds. The van der Waals surface area contributed by atoms with Crippen LogP contribution >= 0.6 is 0 Å². The maximum Gasteiger partial charge on any atom is 0.306 e. The van der Waals surface area contributed by atoms with Crippen molar-refractivity contribution in [3.63, 3.8) is 0 Å². The molecule has 0 saturated heterocycles. The van der Waals surface area contributed by atoms with Crippen LogP contribution in [0.25, 0.3) is 0 Å². The Kier molecular flexibility index (Phi) is 46.0. The van der Waals surface area contributed by atoms with Crippen LogP contribution in [0.3, 0.4) is 0 Å². The van der Waals surface area contributed by atoms with E-state index in [-0.39, 0.29) is 38.6 Å². The zero-order valence-corrected chi connectivity index (χ0v) is 43.4. The van der Waals surface area contributed by atoms with Gasteiger partial charge >= 0.3 is 11.9 Å². The molecule has 0 spiro atoms. The summed E-state index contributed by atoms with van der Waals surface area (Å²) in [5.74, 6) is -2.36. The van der Waals surface area contributed by atoms with Gasteiger partial charge in [0.25, 0.3) is 0 Å². The average molecular weight is 946 g/mol. The number of carboxylic acids is 1. The molecule has 0 rings (SSSR count). The predicted octanol–water partition coefficient (Wildman–Crippen LogP) is 13.6. The number of aliphatic carboxylic acids is 1. The average Bonchev–Trinajstić information content (AvgIpc) is 3.30. The third-order valence-electron chi connectivity index (χ3n) is 10.4. The molecule has 0 heterocycles. The number of carbonyl (C=O) groups excluding carboxylic acids is 3. The summed E-state index contributed by atoms with van der Waals surface area (Å²) in [7, 11) is 5.89. The van der Waals surface area contributed by atoms with E-state index < -0.39 is 24.3 Å². The first kappa shape index (κ1) is 63.7. The second kappa shape index (κ2) is 49.1. The Morgan fingerprint density at radius 1 is 0.456 bits per heavy atom. The van der Waals surface area contributed by atoms with E-state index in [4.69, 9.17) is 18.9 Å². The van der Waals surface area contributed by atoms with Crippen LogP contribution in [0.1, 0.15) is 174 Å². The van der Waals surface area contributed by atoms with Crippen LogP contribution in [0, 0.1) is 0 Å². The summed E-state index contributed by atoms with van der Waals surface area (Å²) >= 11 is 0. The molecule has 0 fully saturated rings. The minimum Gasteiger partial charge on any atom is -0.545 e. The number of esters is 2. The molecule has 384 valence electrons. The van der Waals surface area contributed by atoms with Gasteiger partial charge in [-0.25, -0.2) is 0 Å². The van der Waals surface area contributed by atoms with Gasteiger partial charge in [-0.2, -0.15) is 0 Å². The van der Waals surface area contributed by atoms with Gasteiger partial charge < -0.3 is 33.3 Å². The molecular formula is C59H95NO8. The van der Waals surface area contributed by atoms with E-state index in [1.165, 1.54) is 12.8 Å². The number of carboxylic acid groups (broad SMARTS) is 1. The third-order valence-corrected chi connectivity index (χ3v) is 10.4. The highest BCUT2D eigenvalue weighted by Gasteiger charge is 2.21. The molecule has 0 aromatic rings. The minimum absolute atomic E-state index is 0.133. The Labute approximate surface area is 415 Å². The number of likely N-dealkylation sites (N-methyl/N-ethyl adjacent to an activating group) is 1. The van der Waals surface area contributed by atoms with Gasteiger partial charge in [0.1, 0.15) is 13.2 Å². The molecular weight excluding hydrogens is 851 g/mol. The van der Waals surface area contributed by atoms with Crippen LogP contribution in [0.5, 0.6) is 0 Å². The number of carbonyl (C=O) groups is 3. The van der Waals surface area contributed by atoms with E-state index in [0.717, 1.165) is 122 Å². The Morgan fingerprint density at radius 3 is 1.25 bits per heavy atom. The summed E-state index contributed by atoms with van der Waals surface area (Å²) < 4.78 is 22.6. The van der Waals surface area contributed by atoms with Crippen LogP contribution in [-0.4, -0.2) is 82.3 Å². The standard InChI is InChI=1S/C59H95NO8/c1-6-8-10-12-14-16-18-20-22-23-24-25-26-27-28-29-30-31-32-33-34-35-36-38-40-42-44-46-48-50-57(62)68-55(54-67-59(58(63)64)65-52-51-60(3,4)5)53-66-56(61)49-47-45-43-41-39-37-21-19-17-15-13-11-9-7-2/h8,10,13-16,19-22,24-25,27-28,30-31,33-34,36,38,55,59H,6-7,9,11-12,17-18,23,26,29,32,35,37,39-54H2,1-5H3/b10-8-,15-13-,16-14-,21-19-,22-20-,25-24-,28-27-,31-30-,34-33-,38-36-. The second-order valence-electron chi connectivity index (χ2n) is 18.1. The minimum atomic E-state index is -1.64. The van der Waals surface area contributed by atoms with E-state index >= 15 is 0 Å². The fourth-order valence-corrected chi connectivity index (χ4v) is 6.39. The van der Waals surface area contributed by atoms with Crippen molar-refractivity contribution in [3.05, 3.63) is 122 Å². The molecule has 0 aromatic carbocycles. The topological polar surface area (TPSA) is 111 Å². The van der Waals surface area contributed by atoms with Crippen molar-refractivity contribution in [1.82, 2.24) is 0 Å². The van der Waals surface area contributed by atoms with Crippen LogP contribution in [0.2, 0.25) is 0 Å². The zero-order chi connectivity index (χ0) is 49.9. The summed E-state index contributed by atoms with van der Waals surface area (Å²) in [5.41, 5.74) is 0. The van der Waals surface area contributed by atoms with Gasteiger partial charge in [0.05, 0.1) is 40.3 Å². The number of hydrogen-bond acceptors (Lipinski definition) is 8. The van der Waals surface area contributed by atoms with Gasteiger partial charge in [0.15, 0.2) is 12.4 Å². The van der Waals surface area contributed by atoms with Crippen LogP contribution < -0.4 is 5.11 Å². The quantitative estimate of drug-likeness (QED) is 0.0195. The van der Waals surface area contributed by atoms with Crippen molar-refractivity contribution in [1.29, 1.82) is 0 Å². The SMILES string of the molecule is CC/C=C\C/C=C\C/C=C\C/C=C\C/C=C\C/C=C\C/C=C\C/C=C\CCCCCCC(=O)OC(COC(=O)CCCCCCC/C=C\C/C=C\CCCC)COC(OCC[N+](C)(C)C)C(=O)[O-]. The second-order valence-corrected chi connectivity index (χ2v) is 18.1. The first-order valence-corrected chi connectivity index (χ1v) is 26.2. The fourth-order valence-electron chi connectivity index (χ4n) is 6.39. The number of rotatable bonds is 46. The lowest BCUT2D eigenvalue weighted by atomic mass is 10.1. The van der Waals surface area contributed by atoms with Crippen LogP contribution in [-0.2, 0) is 33.3 Å². The first-order valence-electron chi connectivity index (χ1n) is 26.2. The largest absolute Gasteiger partial charge is 0.545 e. The fraction of sp³-hybridized carbons (Fsp3) is 0.610. The van der Waals surface area contributed by atoms with E-state index in [2.05, 4.69) is 135 Å². The van der Waals surface area contributed by atoms with Crippen molar-refractivity contribution in [2.45, 2.75) is 187 Å². The monoisotopic (exact) mass is 946 g/mol. The zero-order valence-electron chi connectivity index (χ0n) is 43.4. The Bertz CT molecular complexity index is 1520. The van der Waals surface area contributed by atoms with Crippen molar-refractivity contribution in [2.24, 2.45) is 0 Å². The van der Waals surface area contributed by atoms with Gasteiger partial charge in [0, 0.05) is 12.8 Å². The molecule has 0 saturated carbocycles. The van der Waals surface area contributed by atoms with Gasteiger partial charge in [-0.1, -0.05) is 180 Å². The highest BCUT2D eigenvalue weighted by molar-refractivity contribution is 5.70. The molecule has 2 atom stereocenters. The lowest BCUT2D eigenvalue weighted by Crippen LogP contribution is -2.44. The molecule has 2 unspecified atom stereocenters. The van der Waals surface area contributed by atoms with E-state index in [9.17, 15) is 19.5 Å². The summed E-state index contributed by atoms with van der Waals surface area (Å²) in [6.45, 7) is 4.51. The van der Waals surface area contributed by atoms with E-state index in [1.54, 1.807) is 0 Å². The molecule has 0 aliphatic heterocycles. The lowest BCUT2D eigenvalue weighted by molar-refractivity contribution is -0.870. The number of unbranched alkanes of at least 4 members (excludes halogenated alkanes) is 11. The van der Waals surface area contributed by atoms with Crippen LogP contribution in [0.15, 0.2) is 122 Å². The number of quaternary nitrogens is 1. The molecule has 0 aromatic heterocycles. The summed E-state index contributed by atoms with van der Waals surface area (Å²) in [6, 6.07) is 0. The summed E-state index contributed by atoms with van der Waals surface area (Å²) in [6.07, 6.45) is 65.2. The highest BCUT2D eigenvalue weighted by atomic mass is 16.7. The normalized spacial score (nSPS) is 13.8. The lowest BCUT2D eigenvalue weighted by Gasteiger charge is -2.26. The predicted molar refractivity (Wildman–Crippen MR) is 283 cm³/mol. The van der Waals surface area contributed by atoms with Crippen molar-refractivity contribution in [3.8, 4) is 0 Å². The summed E-state index contributed by atoms with van der Waals surface area (Å²) in [5, 5.41) is 11.7. The number of allylic oxidation sites excluding steroid dienone is 20. The number of hydrogen-bond donors (Lipinski definition) is 0. The van der Waals surface area contributed by atoms with E-state index in [0.29, 0.717) is 23.9 Å². The molecule has 9 heteroatoms. The van der Waals surface area contributed by atoms with Gasteiger partial charge in [-0.3, -0.25) is 9.59 Å². The third kappa shape index (κ3) is 49.6. The maximum atomic E-state index is 12.8. The molecule has 0 aliphatic rings. The molecule has 0 N–H and O–H groups in total. The number of nitrogens with zero attached hydrogens (tertiary/aromatic N) is 1. The molecule has 0 radical (unpaired) electrons. The van der Waals surface area contributed by atoms with E-state index in [1.807, 2.05) is 21.1 Å². The van der Waals surface area contributed by atoms with Crippen molar-refractivity contribution < 1.29 is 42.9 Å². The van der Waals surface area contributed by atoms with Gasteiger partial charge in [-0.05, 0) is 103 Å². The van der Waals surface area contributed by atoms with Gasteiger partial charge in [-0.15, -0.1) is 0 Å². The maximum absolute atomic E-state index is 12.8. The van der Waals surface area contributed by atoms with Gasteiger partial charge in [0.2, 0.25) is 0 Å². The Morgan fingerprint density at radius 2 is 0.838 bits per heavy atom. The molecule has 0 bridgehead atoms. The van der Waals surface area contributed by atoms with Crippen molar-refractivity contribution in [2.75, 3.05) is 47.5 Å². The van der Waals surface area contributed by atoms with Crippen molar-refractivity contribution >= 4 is 17.9 Å². The first-order chi connectivity index (χ1) is 33.1. The molecule has 68 heavy (non-hydrogen) atoms. The Hall–Kier alpha value is -4.31. The highest BCUT2D eigenvalue weighted by Crippen LogP contribution is 2.12.